The summed E-state index contributed by atoms with van der Waals surface area (Å²) in [7, 11) is -1.48. The van der Waals surface area contributed by atoms with Crippen molar-refractivity contribution in [1.29, 1.82) is 0 Å². The maximum Gasteiger partial charge on any atom is 0.244 e. The number of halogens is 2. The van der Waals surface area contributed by atoms with Crippen molar-refractivity contribution in [1.82, 2.24) is 9.62 Å². The van der Waals surface area contributed by atoms with Crippen LogP contribution in [-0.4, -0.2) is 45.4 Å². The van der Waals surface area contributed by atoms with E-state index in [1.807, 2.05) is 0 Å². The van der Waals surface area contributed by atoms with Gasteiger partial charge in [-0.15, -0.1) is 0 Å². The van der Waals surface area contributed by atoms with Gasteiger partial charge < -0.3 is 14.8 Å². The van der Waals surface area contributed by atoms with Crippen molar-refractivity contribution in [2.75, 3.05) is 20.8 Å². The molecule has 0 saturated carbocycles. The second-order valence-corrected chi connectivity index (χ2v) is 9.04. The normalized spacial score (nSPS) is 17.2. The molecule has 0 bridgehead atoms. The molecule has 31 heavy (non-hydrogen) atoms. The van der Waals surface area contributed by atoms with Crippen molar-refractivity contribution >= 4 is 15.9 Å². The number of amides is 1. The Morgan fingerprint density at radius 3 is 2.35 bits per heavy atom. The SMILES string of the molecule is COc1ccc(CN(C2CCCCNC2=O)S(=O)(=O)c2cc(F)cc(F)c2)cc1OC. The largest absolute Gasteiger partial charge is 0.493 e. The van der Waals surface area contributed by atoms with Crippen LogP contribution in [0.3, 0.4) is 0 Å². The number of rotatable bonds is 7. The van der Waals surface area contributed by atoms with Gasteiger partial charge in [0.2, 0.25) is 15.9 Å². The minimum atomic E-state index is -4.41. The number of ether oxygens (including phenoxy) is 2. The molecule has 1 N–H and O–H groups in total. The van der Waals surface area contributed by atoms with Gasteiger partial charge in [0.15, 0.2) is 11.5 Å². The van der Waals surface area contributed by atoms with Crippen molar-refractivity contribution in [3.8, 4) is 11.5 Å². The molecule has 1 amide bonds. The molecule has 2 aromatic carbocycles. The Morgan fingerprint density at radius 2 is 1.71 bits per heavy atom. The molecule has 1 atom stereocenters. The Labute approximate surface area is 180 Å². The quantitative estimate of drug-likeness (QED) is 0.696. The van der Waals surface area contributed by atoms with Crippen LogP contribution >= 0.6 is 0 Å². The first-order valence-corrected chi connectivity index (χ1v) is 11.2. The summed E-state index contributed by atoms with van der Waals surface area (Å²) in [5, 5.41) is 2.71. The summed E-state index contributed by atoms with van der Waals surface area (Å²) in [6.45, 7) is 0.243. The number of sulfonamides is 1. The molecule has 3 rings (SSSR count). The van der Waals surface area contributed by atoms with Crippen molar-refractivity contribution < 1.29 is 31.5 Å². The molecule has 7 nitrogen and oxygen atoms in total. The van der Waals surface area contributed by atoms with Gasteiger partial charge in [0.25, 0.3) is 0 Å². The molecule has 0 aromatic heterocycles. The highest BCUT2D eigenvalue weighted by Gasteiger charge is 2.37. The minimum Gasteiger partial charge on any atom is -0.493 e. The fourth-order valence-electron chi connectivity index (χ4n) is 3.53. The van der Waals surface area contributed by atoms with E-state index in [0.29, 0.717) is 42.5 Å². The number of hydrogen-bond donors (Lipinski definition) is 1. The Kier molecular flexibility index (Phi) is 7.11. The van der Waals surface area contributed by atoms with Crippen LogP contribution in [0.5, 0.6) is 11.5 Å². The van der Waals surface area contributed by atoms with Gasteiger partial charge in [0.05, 0.1) is 19.1 Å². The van der Waals surface area contributed by atoms with E-state index < -0.39 is 38.5 Å². The molecule has 1 fully saturated rings. The van der Waals surface area contributed by atoms with Crippen molar-refractivity contribution in [3.05, 3.63) is 53.6 Å². The zero-order chi connectivity index (χ0) is 22.6. The lowest BCUT2D eigenvalue weighted by Gasteiger charge is -2.29. The fraction of sp³-hybridized carbons (Fsp3) is 0.381. The van der Waals surface area contributed by atoms with Crippen LogP contribution in [0.4, 0.5) is 8.78 Å². The van der Waals surface area contributed by atoms with E-state index in [1.54, 1.807) is 18.2 Å². The monoisotopic (exact) mass is 454 g/mol. The number of hydrogen-bond acceptors (Lipinski definition) is 5. The number of nitrogens with zero attached hydrogens (tertiary/aromatic N) is 1. The molecular weight excluding hydrogens is 430 g/mol. The van der Waals surface area contributed by atoms with E-state index in [0.717, 1.165) is 16.4 Å². The lowest BCUT2D eigenvalue weighted by molar-refractivity contribution is -0.124. The second-order valence-electron chi connectivity index (χ2n) is 7.15. The van der Waals surface area contributed by atoms with Gasteiger partial charge in [0.1, 0.15) is 17.7 Å². The van der Waals surface area contributed by atoms with E-state index in [9.17, 15) is 22.0 Å². The van der Waals surface area contributed by atoms with E-state index in [-0.39, 0.29) is 13.0 Å². The van der Waals surface area contributed by atoms with Crippen LogP contribution < -0.4 is 14.8 Å². The number of methoxy groups -OCH3 is 2. The average Bonchev–Trinajstić information content (AvgIpc) is 2.95. The van der Waals surface area contributed by atoms with Gasteiger partial charge in [-0.05, 0) is 49.1 Å². The highest BCUT2D eigenvalue weighted by atomic mass is 32.2. The Morgan fingerprint density at radius 1 is 1.03 bits per heavy atom. The van der Waals surface area contributed by atoms with Gasteiger partial charge in [-0.3, -0.25) is 4.79 Å². The predicted octanol–water partition coefficient (Wildman–Crippen LogP) is 2.84. The topological polar surface area (TPSA) is 84.9 Å². The van der Waals surface area contributed by atoms with Gasteiger partial charge >= 0.3 is 0 Å². The van der Waals surface area contributed by atoms with Crippen LogP contribution in [-0.2, 0) is 21.4 Å². The van der Waals surface area contributed by atoms with Gasteiger partial charge in [0, 0.05) is 19.2 Å². The zero-order valence-electron chi connectivity index (χ0n) is 17.2. The molecular formula is C21H24F2N2O5S. The van der Waals surface area contributed by atoms with Crippen molar-refractivity contribution in [2.45, 2.75) is 36.7 Å². The highest BCUT2D eigenvalue weighted by molar-refractivity contribution is 7.89. The molecule has 1 saturated heterocycles. The number of benzene rings is 2. The van der Waals surface area contributed by atoms with E-state index in [2.05, 4.69) is 5.32 Å². The lowest BCUT2D eigenvalue weighted by atomic mass is 10.1. The summed E-state index contributed by atoms with van der Waals surface area (Å²) in [5.41, 5.74) is 0.523. The third-order valence-electron chi connectivity index (χ3n) is 5.08. The number of nitrogens with one attached hydrogen (secondary N) is 1. The summed E-state index contributed by atoms with van der Waals surface area (Å²) in [4.78, 5) is 12.1. The fourth-order valence-corrected chi connectivity index (χ4v) is 5.18. The molecule has 168 valence electrons. The molecule has 0 radical (unpaired) electrons. The van der Waals surface area contributed by atoms with Crippen LogP contribution in [0.25, 0.3) is 0 Å². The Bertz CT molecular complexity index is 1040. The number of carbonyl (C=O) groups is 1. The molecule has 1 heterocycles. The Hall–Kier alpha value is -2.72. The first kappa shape index (κ1) is 23.0. The molecule has 2 aromatic rings. The van der Waals surface area contributed by atoms with Crippen molar-refractivity contribution in [2.24, 2.45) is 0 Å². The van der Waals surface area contributed by atoms with Crippen LogP contribution in [0.1, 0.15) is 24.8 Å². The minimum absolute atomic E-state index is 0.196. The third-order valence-corrected chi connectivity index (χ3v) is 6.92. The van der Waals surface area contributed by atoms with E-state index in [1.165, 1.54) is 14.2 Å². The first-order chi connectivity index (χ1) is 14.8. The molecule has 0 aliphatic carbocycles. The number of carbonyl (C=O) groups excluding carboxylic acids is 1. The molecule has 1 unspecified atom stereocenters. The first-order valence-electron chi connectivity index (χ1n) is 9.73. The Balaban J connectivity index is 2.07. The third kappa shape index (κ3) is 5.13. The standard InChI is InChI=1S/C21H24F2N2O5S/c1-29-19-7-6-14(9-20(19)30-2)13-25(18-5-3-4-8-24-21(18)26)31(27,28)17-11-15(22)10-16(23)12-17/h6-7,9-12,18H,3-5,8,13H2,1-2H3,(H,24,26). The summed E-state index contributed by atoms with van der Waals surface area (Å²) >= 11 is 0. The van der Waals surface area contributed by atoms with Crippen molar-refractivity contribution in [3.63, 3.8) is 0 Å². The van der Waals surface area contributed by atoms with Gasteiger partial charge in [-0.1, -0.05) is 6.07 Å². The highest BCUT2D eigenvalue weighted by Crippen LogP contribution is 2.31. The van der Waals surface area contributed by atoms with E-state index in [4.69, 9.17) is 9.47 Å². The second kappa shape index (κ2) is 9.61. The average molecular weight is 454 g/mol. The summed E-state index contributed by atoms with van der Waals surface area (Å²) in [6.07, 6.45) is 1.62. The molecule has 1 aliphatic heterocycles. The maximum absolute atomic E-state index is 13.8. The zero-order valence-corrected chi connectivity index (χ0v) is 18.0. The molecule has 1 aliphatic rings. The van der Waals surface area contributed by atoms with Gasteiger partial charge in [-0.25, -0.2) is 17.2 Å². The summed E-state index contributed by atoms with van der Waals surface area (Å²) < 4.78 is 65.9. The summed E-state index contributed by atoms with van der Waals surface area (Å²) in [6, 6.07) is 5.92. The van der Waals surface area contributed by atoms with E-state index >= 15 is 0 Å². The molecule has 10 heteroatoms. The smallest absolute Gasteiger partial charge is 0.244 e. The van der Waals surface area contributed by atoms with Crippen LogP contribution in [0.2, 0.25) is 0 Å². The maximum atomic E-state index is 13.8. The lowest BCUT2D eigenvalue weighted by Crippen LogP contribution is -2.48. The predicted molar refractivity (Wildman–Crippen MR) is 109 cm³/mol. The molecule has 0 spiro atoms. The van der Waals surface area contributed by atoms with Crippen LogP contribution in [0, 0.1) is 11.6 Å². The van der Waals surface area contributed by atoms with Gasteiger partial charge in [-0.2, -0.15) is 4.31 Å². The summed E-state index contributed by atoms with van der Waals surface area (Å²) in [5.74, 6) is -1.64. The van der Waals surface area contributed by atoms with Crippen LogP contribution in [0.15, 0.2) is 41.3 Å².